The minimum atomic E-state index is -0.670. The molecule has 8 heteroatoms. The van der Waals surface area contributed by atoms with Crippen LogP contribution in [0, 0.1) is 0 Å². The van der Waals surface area contributed by atoms with Crippen LogP contribution in [0.5, 0.6) is 0 Å². The molecule has 1 unspecified atom stereocenters. The van der Waals surface area contributed by atoms with Crippen LogP contribution >= 0.6 is 0 Å². The Labute approximate surface area is 147 Å². The first-order chi connectivity index (χ1) is 12.0. The maximum atomic E-state index is 12.5. The summed E-state index contributed by atoms with van der Waals surface area (Å²) in [5.41, 5.74) is 0. The zero-order valence-corrected chi connectivity index (χ0v) is 14.8. The van der Waals surface area contributed by atoms with Gasteiger partial charge >= 0.3 is 6.03 Å². The zero-order valence-electron chi connectivity index (χ0n) is 14.8. The van der Waals surface area contributed by atoms with E-state index in [2.05, 4.69) is 9.47 Å². The Kier molecular flexibility index (Phi) is 5.08. The molecule has 8 nitrogen and oxygen atoms in total. The molecular formula is C17H25N5O3. The third kappa shape index (κ3) is 3.68. The van der Waals surface area contributed by atoms with Crippen LogP contribution in [0.15, 0.2) is 24.5 Å². The molecule has 4 amide bonds. The second-order valence-corrected chi connectivity index (χ2v) is 6.65. The van der Waals surface area contributed by atoms with Crippen molar-refractivity contribution >= 4 is 17.8 Å². The number of likely N-dealkylation sites (N-methyl/N-ethyl adjacent to an activating group) is 2. The first-order valence-electron chi connectivity index (χ1n) is 8.62. The third-order valence-corrected chi connectivity index (χ3v) is 5.11. The number of rotatable bonds is 5. The van der Waals surface area contributed by atoms with Gasteiger partial charge in [-0.25, -0.2) is 4.79 Å². The maximum Gasteiger partial charge on any atom is 0.326 e. The number of amides is 4. The molecule has 1 aromatic heterocycles. The number of piperazine rings is 1. The van der Waals surface area contributed by atoms with Gasteiger partial charge in [0.25, 0.3) is 5.91 Å². The van der Waals surface area contributed by atoms with Crippen LogP contribution in [0.3, 0.4) is 0 Å². The van der Waals surface area contributed by atoms with Gasteiger partial charge < -0.3 is 14.4 Å². The molecule has 25 heavy (non-hydrogen) atoms. The minimum absolute atomic E-state index is 0.0571. The molecule has 1 atom stereocenters. The van der Waals surface area contributed by atoms with Crippen molar-refractivity contribution in [3.63, 3.8) is 0 Å². The molecule has 2 saturated heterocycles. The normalized spacial score (nSPS) is 22.2. The van der Waals surface area contributed by atoms with Crippen molar-refractivity contribution in [3.05, 3.63) is 24.5 Å². The van der Waals surface area contributed by atoms with Crippen LogP contribution in [0.25, 0.3) is 0 Å². The number of urea groups is 1. The molecule has 136 valence electrons. The van der Waals surface area contributed by atoms with E-state index < -0.39 is 6.04 Å². The van der Waals surface area contributed by atoms with E-state index in [9.17, 15) is 14.4 Å². The van der Waals surface area contributed by atoms with E-state index in [1.54, 1.807) is 11.9 Å². The number of aromatic nitrogens is 1. The van der Waals surface area contributed by atoms with Gasteiger partial charge in [-0.1, -0.05) is 0 Å². The summed E-state index contributed by atoms with van der Waals surface area (Å²) in [4.78, 5) is 43.0. The predicted octanol–water partition coefficient (Wildman–Crippen LogP) is -0.0852. The number of imide groups is 1. The van der Waals surface area contributed by atoms with Gasteiger partial charge in [-0.3, -0.25) is 19.4 Å². The second-order valence-electron chi connectivity index (χ2n) is 6.65. The second kappa shape index (κ2) is 7.26. The summed E-state index contributed by atoms with van der Waals surface area (Å²) < 4.78 is 2.15. The number of hydrogen-bond acceptors (Lipinski definition) is 4. The molecule has 2 fully saturated rings. The van der Waals surface area contributed by atoms with E-state index in [0.29, 0.717) is 13.1 Å². The minimum Gasteiger partial charge on any atom is -0.353 e. The Morgan fingerprint density at radius 3 is 2.24 bits per heavy atom. The van der Waals surface area contributed by atoms with Gasteiger partial charge in [0, 0.05) is 65.8 Å². The Balaban J connectivity index is 1.45. The summed E-state index contributed by atoms with van der Waals surface area (Å²) in [6.45, 7) is 4.90. The molecule has 0 radical (unpaired) electrons. The molecule has 0 aromatic carbocycles. The molecule has 2 aliphatic heterocycles. The number of carbonyl (C=O) groups is 3. The van der Waals surface area contributed by atoms with E-state index in [0.717, 1.165) is 31.1 Å². The SMILES string of the molecule is CN1C(=O)C(CC(=O)N2CCN(CCn3cccc3)CC2)N(C)C1=O. The molecule has 0 saturated carbocycles. The standard InChI is InChI=1S/C17H25N5O3/c1-18-14(16(24)19(2)17(18)25)13-15(23)22-11-9-21(10-12-22)8-7-20-5-3-4-6-20/h3-6,14H,7-13H2,1-2H3. The van der Waals surface area contributed by atoms with Gasteiger partial charge in [-0.2, -0.15) is 0 Å². The highest BCUT2D eigenvalue weighted by molar-refractivity contribution is 6.05. The van der Waals surface area contributed by atoms with E-state index in [1.165, 1.54) is 11.9 Å². The molecule has 2 aliphatic rings. The first-order valence-corrected chi connectivity index (χ1v) is 8.62. The lowest BCUT2D eigenvalue weighted by Crippen LogP contribution is -2.50. The van der Waals surface area contributed by atoms with E-state index >= 15 is 0 Å². The van der Waals surface area contributed by atoms with Crippen LogP contribution < -0.4 is 0 Å². The maximum absolute atomic E-state index is 12.5. The van der Waals surface area contributed by atoms with E-state index in [4.69, 9.17) is 0 Å². The highest BCUT2D eigenvalue weighted by atomic mass is 16.2. The monoisotopic (exact) mass is 347 g/mol. The molecular weight excluding hydrogens is 322 g/mol. The van der Waals surface area contributed by atoms with Crippen LogP contribution in [0.1, 0.15) is 6.42 Å². The zero-order chi connectivity index (χ0) is 18.0. The smallest absolute Gasteiger partial charge is 0.326 e. The fraction of sp³-hybridized carbons (Fsp3) is 0.588. The molecule has 1 aromatic rings. The van der Waals surface area contributed by atoms with Gasteiger partial charge in [0.2, 0.25) is 5.91 Å². The number of hydrogen-bond donors (Lipinski definition) is 0. The summed E-state index contributed by atoms with van der Waals surface area (Å²) >= 11 is 0. The van der Waals surface area contributed by atoms with Gasteiger partial charge in [-0.05, 0) is 12.1 Å². The fourth-order valence-corrected chi connectivity index (χ4v) is 3.37. The Bertz CT molecular complexity index is 637. The molecule has 0 spiro atoms. The van der Waals surface area contributed by atoms with Crippen molar-refractivity contribution in [2.45, 2.75) is 19.0 Å². The van der Waals surface area contributed by atoms with Gasteiger partial charge in [0.15, 0.2) is 0 Å². The predicted molar refractivity (Wildman–Crippen MR) is 91.8 cm³/mol. The lowest BCUT2D eigenvalue weighted by atomic mass is 10.1. The molecule has 0 bridgehead atoms. The Hall–Kier alpha value is -2.35. The molecule has 0 N–H and O–H groups in total. The summed E-state index contributed by atoms with van der Waals surface area (Å²) in [7, 11) is 3.02. The van der Waals surface area contributed by atoms with Crippen molar-refractivity contribution in [2.75, 3.05) is 46.8 Å². The Morgan fingerprint density at radius 2 is 1.68 bits per heavy atom. The van der Waals surface area contributed by atoms with Crippen LogP contribution in [0.4, 0.5) is 4.79 Å². The van der Waals surface area contributed by atoms with Crippen molar-refractivity contribution in [1.82, 2.24) is 24.2 Å². The van der Waals surface area contributed by atoms with E-state index in [-0.39, 0.29) is 24.3 Å². The average Bonchev–Trinajstić information content (AvgIpc) is 3.20. The fourth-order valence-electron chi connectivity index (χ4n) is 3.37. The first kappa shape index (κ1) is 17.5. The average molecular weight is 347 g/mol. The largest absolute Gasteiger partial charge is 0.353 e. The summed E-state index contributed by atoms with van der Waals surface area (Å²) in [5.74, 6) is -0.357. The number of nitrogens with zero attached hydrogens (tertiary/aromatic N) is 5. The summed E-state index contributed by atoms with van der Waals surface area (Å²) in [6.07, 6.45) is 4.16. The van der Waals surface area contributed by atoms with Crippen LogP contribution in [-0.4, -0.2) is 94.9 Å². The van der Waals surface area contributed by atoms with Crippen LogP contribution in [-0.2, 0) is 16.1 Å². The number of carbonyl (C=O) groups excluding carboxylic acids is 3. The molecule has 3 heterocycles. The van der Waals surface area contributed by atoms with Crippen molar-refractivity contribution < 1.29 is 14.4 Å². The van der Waals surface area contributed by atoms with Gasteiger partial charge in [0.1, 0.15) is 6.04 Å². The highest BCUT2D eigenvalue weighted by Gasteiger charge is 2.42. The van der Waals surface area contributed by atoms with Crippen molar-refractivity contribution in [2.24, 2.45) is 0 Å². The molecule has 0 aliphatic carbocycles. The van der Waals surface area contributed by atoms with Gasteiger partial charge in [-0.15, -0.1) is 0 Å². The topological polar surface area (TPSA) is 69.1 Å². The third-order valence-electron chi connectivity index (χ3n) is 5.11. The van der Waals surface area contributed by atoms with Crippen molar-refractivity contribution in [3.8, 4) is 0 Å². The van der Waals surface area contributed by atoms with E-state index in [1.807, 2.05) is 24.5 Å². The molecule has 3 rings (SSSR count). The van der Waals surface area contributed by atoms with Crippen molar-refractivity contribution in [1.29, 1.82) is 0 Å². The van der Waals surface area contributed by atoms with Gasteiger partial charge in [0.05, 0.1) is 6.42 Å². The summed E-state index contributed by atoms with van der Waals surface area (Å²) in [6, 6.07) is 3.01. The van der Waals surface area contributed by atoms with Crippen LogP contribution in [0.2, 0.25) is 0 Å². The quantitative estimate of drug-likeness (QED) is 0.699. The Morgan fingerprint density at radius 1 is 1.04 bits per heavy atom. The highest BCUT2D eigenvalue weighted by Crippen LogP contribution is 2.18. The lowest BCUT2D eigenvalue weighted by Gasteiger charge is -2.35. The summed E-state index contributed by atoms with van der Waals surface area (Å²) in [5, 5.41) is 0. The lowest BCUT2D eigenvalue weighted by molar-refractivity contribution is -0.137.